The van der Waals surface area contributed by atoms with Crippen LogP contribution in [0.5, 0.6) is 0 Å². The van der Waals surface area contributed by atoms with Crippen LogP contribution in [0.2, 0.25) is 0 Å². The predicted molar refractivity (Wildman–Crippen MR) is 97.3 cm³/mol. The first-order chi connectivity index (χ1) is 12.3. The zero-order valence-corrected chi connectivity index (χ0v) is 13.7. The third-order valence-corrected chi connectivity index (χ3v) is 3.81. The van der Waals surface area contributed by atoms with Gasteiger partial charge in [-0.3, -0.25) is 19.9 Å². The molecule has 1 saturated carbocycles. The van der Waals surface area contributed by atoms with E-state index in [-0.39, 0.29) is 5.91 Å². The number of nitrogens with zero attached hydrogens (tertiary/aromatic N) is 3. The van der Waals surface area contributed by atoms with Crippen molar-refractivity contribution >= 4 is 18.2 Å². The van der Waals surface area contributed by atoms with Gasteiger partial charge in [0.2, 0.25) is 5.91 Å². The Balaban J connectivity index is 1.63. The summed E-state index contributed by atoms with van der Waals surface area (Å²) < 4.78 is 0. The number of carbonyl (C=O) groups is 1. The highest BCUT2D eigenvalue weighted by Gasteiger charge is 2.19. The van der Waals surface area contributed by atoms with Crippen LogP contribution in [0.4, 0.5) is 0 Å². The summed E-state index contributed by atoms with van der Waals surface area (Å²) in [5.41, 5.74) is 8.71. The Labute approximate surface area is 145 Å². The Kier molecular flexibility index (Phi) is 5.36. The minimum Gasteiger partial charge on any atom is -0.403 e. The van der Waals surface area contributed by atoms with E-state index in [4.69, 9.17) is 5.73 Å². The molecule has 0 saturated heterocycles. The molecule has 1 aliphatic carbocycles. The molecule has 128 valence electrons. The molecular weight excluding hydrogens is 316 g/mol. The van der Waals surface area contributed by atoms with Crippen molar-refractivity contribution < 1.29 is 4.79 Å². The van der Waals surface area contributed by atoms with Crippen molar-refractivity contribution in [3.8, 4) is 11.1 Å². The van der Waals surface area contributed by atoms with E-state index in [9.17, 15) is 4.79 Å². The average Bonchev–Trinajstić information content (AvgIpc) is 3.30. The van der Waals surface area contributed by atoms with Gasteiger partial charge in [-0.2, -0.15) is 5.10 Å². The lowest BCUT2D eigenvalue weighted by molar-refractivity contribution is -0.115. The van der Waals surface area contributed by atoms with Gasteiger partial charge in [-0.05, 0) is 36.5 Å². The fourth-order valence-corrected chi connectivity index (χ4v) is 2.27. The van der Waals surface area contributed by atoms with Crippen LogP contribution in [-0.4, -0.2) is 33.8 Å². The van der Waals surface area contributed by atoms with E-state index in [2.05, 4.69) is 25.5 Å². The van der Waals surface area contributed by atoms with Gasteiger partial charge in [-0.25, -0.2) is 0 Å². The lowest BCUT2D eigenvalue weighted by atomic mass is 10.1. The van der Waals surface area contributed by atoms with Gasteiger partial charge >= 0.3 is 0 Å². The molecule has 0 spiro atoms. The van der Waals surface area contributed by atoms with Gasteiger partial charge in [0.15, 0.2) is 0 Å². The normalized spacial score (nSPS) is 15.1. The summed E-state index contributed by atoms with van der Waals surface area (Å²) in [6.45, 7) is 0.785. The Morgan fingerprint density at radius 3 is 3.04 bits per heavy atom. The molecular formula is C18H20N6O. The molecule has 25 heavy (non-hydrogen) atoms. The number of pyridine rings is 1. The molecule has 0 bridgehead atoms. The molecule has 0 aromatic carbocycles. The second-order valence-electron chi connectivity index (χ2n) is 5.83. The van der Waals surface area contributed by atoms with E-state index >= 15 is 0 Å². The van der Waals surface area contributed by atoms with Crippen LogP contribution < -0.4 is 11.1 Å². The zero-order valence-electron chi connectivity index (χ0n) is 13.7. The lowest BCUT2D eigenvalue weighted by Gasteiger charge is -2.03. The smallest absolute Gasteiger partial charge is 0.248 e. The zero-order chi connectivity index (χ0) is 17.5. The SMILES string of the molecule is NC=C(C=NCC1CC1)NC(=O)/C=C/c1cnccc1-c1cn[nH]c1. The standard InChI is InChI=1S/C18H20N6O/c19-7-16(12-21-8-13-1-2-13)24-18(25)4-3-14-9-20-6-5-17(14)15-10-22-23-11-15/h3-7,9-13H,1-2,8,19H2,(H,22,23)(H,24,25)/b4-3+,16-7?,21-12?. The quantitative estimate of drug-likeness (QED) is 0.530. The van der Waals surface area contributed by atoms with E-state index in [1.54, 1.807) is 37.1 Å². The minimum absolute atomic E-state index is 0.281. The monoisotopic (exact) mass is 336 g/mol. The number of hydrogen-bond acceptors (Lipinski definition) is 5. The van der Waals surface area contributed by atoms with Crippen molar-refractivity contribution in [2.24, 2.45) is 16.6 Å². The maximum Gasteiger partial charge on any atom is 0.248 e. The minimum atomic E-state index is -0.281. The number of carbonyl (C=O) groups excluding carboxylic acids is 1. The Morgan fingerprint density at radius 1 is 1.44 bits per heavy atom. The van der Waals surface area contributed by atoms with Gasteiger partial charge in [0, 0.05) is 54.8 Å². The Hall–Kier alpha value is -3.22. The van der Waals surface area contributed by atoms with E-state index in [0.717, 1.165) is 23.2 Å². The summed E-state index contributed by atoms with van der Waals surface area (Å²) >= 11 is 0. The summed E-state index contributed by atoms with van der Waals surface area (Å²) in [6.07, 6.45) is 15.5. The second kappa shape index (κ2) is 8.05. The van der Waals surface area contributed by atoms with Crippen LogP contribution in [0.15, 0.2) is 53.8 Å². The number of hydrogen-bond donors (Lipinski definition) is 3. The summed E-state index contributed by atoms with van der Waals surface area (Å²) in [5, 5.41) is 9.43. The molecule has 0 aliphatic heterocycles. The largest absolute Gasteiger partial charge is 0.403 e. The van der Waals surface area contributed by atoms with Crippen molar-refractivity contribution in [2.75, 3.05) is 6.54 Å². The first kappa shape index (κ1) is 16.6. The number of aliphatic imine (C=N–C) groups is 1. The van der Waals surface area contributed by atoms with E-state index < -0.39 is 0 Å². The Morgan fingerprint density at radius 2 is 2.32 bits per heavy atom. The molecule has 1 fully saturated rings. The summed E-state index contributed by atoms with van der Waals surface area (Å²) in [6, 6.07) is 1.87. The van der Waals surface area contributed by atoms with Crippen molar-refractivity contribution in [1.82, 2.24) is 20.5 Å². The molecule has 7 nitrogen and oxygen atoms in total. The summed E-state index contributed by atoms with van der Waals surface area (Å²) in [5.74, 6) is 0.411. The van der Waals surface area contributed by atoms with Gasteiger partial charge in [-0.15, -0.1) is 0 Å². The van der Waals surface area contributed by atoms with Gasteiger partial charge in [0.05, 0.1) is 11.9 Å². The molecule has 1 aliphatic rings. The highest BCUT2D eigenvalue weighted by Crippen LogP contribution is 2.28. The molecule has 0 unspecified atom stereocenters. The van der Waals surface area contributed by atoms with Gasteiger partial charge in [0.1, 0.15) is 0 Å². The first-order valence-corrected chi connectivity index (χ1v) is 8.10. The molecule has 3 rings (SSSR count). The number of rotatable bonds is 7. The number of nitrogens with two attached hydrogens (primary N) is 1. The van der Waals surface area contributed by atoms with Crippen LogP contribution in [-0.2, 0) is 4.79 Å². The van der Waals surface area contributed by atoms with Crippen molar-refractivity contribution in [2.45, 2.75) is 12.8 Å². The van der Waals surface area contributed by atoms with Crippen molar-refractivity contribution in [3.05, 3.63) is 54.4 Å². The summed E-state index contributed by atoms with van der Waals surface area (Å²) in [4.78, 5) is 20.5. The Bertz CT molecular complexity index is 803. The average molecular weight is 336 g/mol. The molecule has 0 radical (unpaired) electrons. The van der Waals surface area contributed by atoms with E-state index in [1.165, 1.54) is 25.1 Å². The molecule has 0 atom stereocenters. The fraction of sp³-hybridized carbons (Fsp3) is 0.222. The first-order valence-electron chi connectivity index (χ1n) is 8.10. The predicted octanol–water partition coefficient (Wildman–Crippen LogP) is 1.88. The maximum absolute atomic E-state index is 12.1. The number of aromatic nitrogens is 3. The van der Waals surface area contributed by atoms with Crippen LogP contribution in [0.1, 0.15) is 18.4 Å². The van der Waals surface area contributed by atoms with E-state index in [0.29, 0.717) is 11.6 Å². The number of aromatic amines is 1. The molecule has 4 N–H and O–H groups in total. The number of H-pyrrole nitrogens is 1. The second-order valence-corrected chi connectivity index (χ2v) is 5.83. The topological polar surface area (TPSA) is 109 Å². The molecule has 1 amide bonds. The van der Waals surface area contributed by atoms with Crippen LogP contribution in [0.3, 0.4) is 0 Å². The number of amides is 1. The highest BCUT2D eigenvalue weighted by molar-refractivity contribution is 5.97. The third-order valence-electron chi connectivity index (χ3n) is 3.81. The van der Waals surface area contributed by atoms with Crippen LogP contribution in [0.25, 0.3) is 17.2 Å². The van der Waals surface area contributed by atoms with Gasteiger partial charge in [-0.1, -0.05) is 0 Å². The maximum atomic E-state index is 12.1. The highest BCUT2D eigenvalue weighted by atomic mass is 16.1. The van der Waals surface area contributed by atoms with Crippen molar-refractivity contribution in [3.63, 3.8) is 0 Å². The number of nitrogens with one attached hydrogen (secondary N) is 2. The van der Waals surface area contributed by atoms with Gasteiger partial charge < -0.3 is 11.1 Å². The fourth-order valence-electron chi connectivity index (χ4n) is 2.27. The molecule has 2 aromatic heterocycles. The summed E-state index contributed by atoms with van der Waals surface area (Å²) in [7, 11) is 0. The van der Waals surface area contributed by atoms with Crippen molar-refractivity contribution in [1.29, 1.82) is 0 Å². The molecule has 2 heterocycles. The molecule has 2 aromatic rings. The van der Waals surface area contributed by atoms with Crippen LogP contribution in [0, 0.1) is 5.92 Å². The van der Waals surface area contributed by atoms with E-state index in [1.807, 2.05) is 6.07 Å². The molecule has 7 heteroatoms. The third kappa shape index (κ3) is 4.87. The van der Waals surface area contributed by atoms with Gasteiger partial charge in [0.25, 0.3) is 0 Å². The number of allylic oxidation sites excluding steroid dienone is 1. The van der Waals surface area contributed by atoms with Crippen LogP contribution >= 0.6 is 0 Å². The lowest BCUT2D eigenvalue weighted by Crippen LogP contribution is -2.22.